The van der Waals surface area contributed by atoms with Crippen molar-refractivity contribution in [3.63, 3.8) is 0 Å². The van der Waals surface area contributed by atoms with Crippen LogP contribution in [-0.2, 0) is 16.6 Å². The van der Waals surface area contributed by atoms with Gasteiger partial charge in [-0.05, 0) is 25.7 Å². The normalized spacial score (nSPS) is 24.4. The van der Waals surface area contributed by atoms with Crippen LogP contribution in [0.4, 0.5) is 0 Å². The number of nitrogens with zero attached hydrogens (tertiary/aromatic N) is 3. The molecule has 6 nitrogen and oxygen atoms in total. The van der Waals surface area contributed by atoms with Gasteiger partial charge in [-0.3, -0.25) is 0 Å². The van der Waals surface area contributed by atoms with Crippen molar-refractivity contribution < 1.29 is 8.42 Å². The van der Waals surface area contributed by atoms with E-state index < -0.39 is 10.0 Å². The number of aryl methyl sites for hydroxylation is 2. The fourth-order valence-electron chi connectivity index (χ4n) is 2.87. The minimum atomic E-state index is -3.50. The molecule has 2 N–H and O–H groups in total. The maximum atomic E-state index is 12.7. The SMILES string of the molecule is CCCn1cc(S(=O)(=O)N2CCC(N)C(CC)C2)nc1C. The molecule has 1 saturated heterocycles. The number of piperidine rings is 1. The summed E-state index contributed by atoms with van der Waals surface area (Å²) in [5, 5.41) is 0.166. The number of nitrogens with two attached hydrogens (primary N) is 1. The Kier molecular flexibility index (Phi) is 5.06. The summed E-state index contributed by atoms with van der Waals surface area (Å²) in [6.45, 7) is 7.73. The standard InChI is InChI=1S/C14H26N4O2S/c1-4-7-17-10-14(16-11(17)3)21(19,20)18-8-6-13(15)12(5-2)9-18/h10,12-13H,4-9,15H2,1-3H3. The van der Waals surface area contributed by atoms with Crippen molar-refractivity contribution in [2.45, 2.75) is 57.6 Å². The molecule has 7 heteroatoms. The van der Waals surface area contributed by atoms with E-state index in [1.165, 1.54) is 0 Å². The quantitative estimate of drug-likeness (QED) is 0.889. The van der Waals surface area contributed by atoms with E-state index >= 15 is 0 Å². The Morgan fingerprint density at radius 2 is 2.14 bits per heavy atom. The summed E-state index contributed by atoms with van der Waals surface area (Å²) in [5.74, 6) is 0.975. The van der Waals surface area contributed by atoms with Crippen molar-refractivity contribution in [1.82, 2.24) is 13.9 Å². The van der Waals surface area contributed by atoms with E-state index in [0.717, 1.165) is 25.2 Å². The second-order valence-electron chi connectivity index (χ2n) is 5.80. The van der Waals surface area contributed by atoms with Crippen molar-refractivity contribution in [3.05, 3.63) is 12.0 Å². The van der Waals surface area contributed by atoms with Crippen LogP contribution in [0.5, 0.6) is 0 Å². The molecule has 2 heterocycles. The predicted octanol–water partition coefficient (Wildman–Crippen LogP) is 1.35. The van der Waals surface area contributed by atoms with E-state index in [0.29, 0.717) is 19.5 Å². The average Bonchev–Trinajstić information content (AvgIpc) is 2.82. The molecule has 0 saturated carbocycles. The lowest BCUT2D eigenvalue weighted by molar-refractivity contribution is 0.230. The molecule has 0 spiro atoms. The molecule has 0 amide bonds. The summed E-state index contributed by atoms with van der Waals surface area (Å²) >= 11 is 0. The maximum absolute atomic E-state index is 12.7. The van der Waals surface area contributed by atoms with Gasteiger partial charge in [-0.2, -0.15) is 4.31 Å². The van der Waals surface area contributed by atoms with E-state index in [4.69, 9.17) is 5.73 Å². The molecule has 0 aromatic carbocycles. The van der Waals surface area contributed by atoms with Gasteiger partial charge in [0.15, 0.2) is 5.03 Å². The molecule has 1 aliphatic rings. The fourth-order valence-corrected chi connectivity index (χ4v) is 4.38. The summed E-state index contributed by atoms with van der Waals surface area (Å²) in [4.78, 5) is 4.25. The number of aromatic nitrogens is 2. The topological polar surface area (TPSA) is 81.2 Å². The Balaban J connectivity index is 2.23. The van der Waals surface area contributed by atoms with Gasteiger partial charge >= 0.3 is 0 Å². The molecule has 0 aliphatic carbocycles. The highest BCUT2D eigenvalue weighted by atomic mass is 32.2. The van der Waals surface area contributed by atoms with Crippen LogP contribution in [0.25, 0.3) is 0 Å². The molecule has 2 unspecified atom stereocenters. The van der Waals surface area contributed by atoms with Gasteiger partial charge in [-0.25, -0.2) is 13.4 Å². The van der Waals surface area contributed by atoms with Gasteiger partial charge < -0.3 is 10.3 Å². The monoisotopic (exact) mass is 314 g/mol. The third kappa shape index (κ3) is 3.30. The summed E-state index contributed by atoms with van der Waals surface area (Å²) in [6, 6.07) is 0.0980. The van der Waals surface area contributed by atoms with E-state index in [9.17, 15) is 8.42 Å². The first kappa shape index (κ1) is 16.5. The molecular weight excluding hydrogens is 288 g/mol. The highest BCUT2D eigenvalue weighted by Crippen LogP contribution is 2.24. The summed E-state index contributed by atoms with van der Waals surface area (Å²) in [5.41, 5.74) is 6.06. The molecule has 1 aromatic rings. The molecule has 1 aromatic heterocycles. The van der Waals surface area contributed by atoms with Gasteiger partial charge in [0.1, 0.15) is 5.82 Å². The number of hydrogen-bond donors (Lipinski definition) is 1. The fraction of sp³-hybridized carbons (Fsp3) is 0.786. The van der Waals surface area contributed by atoms with Crippen LogP contribution in [-0.4, -0.2) is 41.4 Å². The first-order chi connectivity index (χ1) is 9.90. The van der Waals surface area contributed by atoms with Crippen LogP contribution in [0.15, 0.2) is 11.2 Å². The Morgan fingerprint density at radius 3 is 2.76 bits per heavy atom. The molecule has 120 valence electrons. The van der Waals surface area contributed by atoms with Crippen molar-refractivity contribution in [1.29, 1.82) is 0 Å². The van der Waals surface area contributed by atoms with Crippen molar-refractivity contribution in [2.75, 3.05) is 13.1 Å². The third-order valence-electron chi connectivity index (χ3n) is 4.30. The molecule has 1 aliphatic heterocycles. The van der Waals surface area contributed by atoms with Gasteiger partial charge in [0.2, 0.25) is 0 Å². The Bertz CT molecular complexity index is 582. The van der Waals surface area contributed by atoms with Gasteiger partial charge in [0, 0.05) is 31.9 Å². The summed E-state index contributed by atoms with van der Waals surface area (Å²) < 4.78 is 28.9. The van der Waals surface area contributed by atoms with E-state index in [2.05, 4.69) is 18.8 Å². The number of hydrogen-bond acceptors (Lipinski definition) is 4. The Hall–Kier alpha value is -0.920. The summed E-state index contributed by atoms with van der Waals surface area (Å²) in [7, 11) is -3.50. The van der Waals surface area contributed by atoms with Crippen LogP contribution in [0, 0.1) is 12.8 Å². The molecule has 0 bridgehead atoms. The second kappa shape index (κ2) is 6.46. The van der Waals surface area contributed by atoms with E-state index in [-0.39, 0.29) is 17.0 Å². The largest absolute Gasteiger partial charge is 0.334 e. The minimum Gasteiger partial charge on any atom is -0.334 e. The molecule has 2 rings (SSSR count). The Labute approximate surface area is 127 Å². The van der Waals surface area contributed by atoms with Crippen LogP contribution in [0.2, 0.25) is 0 Å². The van der Waals surface area contributed by atoms with Crippen LogP contribution < -0.4 is 5.73 Å². The zero-order valence-electron chi connectivity index (χ0n) is 13.1. The van der Waals surface area contributed by atoms with Gasteiger partial charge in [-0.15, -0.1) is 0 Å². The van der Waals surface area contributed by atoms with Gasteiger partial charge in [0.05, 0.1) is 0 Å². The lowest BCUT2D eigenvalue weighted by Crippen LogP contribution is -2.48. The smallest absolute Gasteiger partial charge is 0.262 e. The van der Waals surface area contributed by atoms with Gasteiger partial charge in [0.25, 0.3) is 10.0 Å². The van der Waals surface area contributed by atoms with E-state index in [1.807, 2.05) is 11.5 Å². The maximum Gasteiger partial charge on any atom is 0.262 e. The van der Waals surface area contributed by atoms with Crippen molar-refractivity contribution in [2.24, 2.45) is 11.7 Å². The van der Waals surface area contributed by atoms with Crippen LogP contribution in [0.1, 0.15) is 38.9 Å². The van der Waals surface area contributed by atoms with E-state index in [1.54, 1.807) is 10.5 Å². The Morgan fingerprint density at radius 1 is 1.43 bits per heavy atom. The first-order valence-electron chi connectivity index (χ1n) is 7.69. The highest BCUT2D eigenvalue weighted by Gasteiger charge is 2.34. The molecule has 21 heavy (non-hydrogen) atoms. The molecular formula is C14H26N4O2S. The summed E-state index contributed by atoms with van der Waals surface area (Å²) in [6.07, 6.45) is 4.22. The van der Waals surface area contributed by atoms with Crippen molar-refractivity contribution in [3.8, 4) is 0 Å². The zero-order chi connectivity index (χ0) is 15.6. The number of rotatable bonds is 5. The molecule has 1 fully saturated rings. The number of sulfonamides is 1. The zero-order valence-corrected chi connectivity index (χ0v) is 13.9. The van der Waals surface area contributed by atoms with Crippen LogP contribution >= 0.6 is 0 Å². The lowest BCUT2D eigenvalue weighted by atomic mass is 9.92. The molecule has 0 radical (unpaired) electrons. The minimum absolute atomic E-state index is 0.0980. The highest BCUT2D eigenvalue weighted by molar-refractivity contribution is 7.89. The van der Waals surface area contributed by atoms with Gasteiger partial charge in [-0.1, -0.05) is 20.3 Å². The average molecular weight is 314 g/mol. The second-order valence-corrected chi connectivity index (χ2v) is 7.69. The first-order valence-corrected chi connectivity index (χ1v) is 9.13. The third-order valence-corrected chi connectivity index (χ3v) is 6.04. The van der Waals surface area contributed by atoms with Crippen LogP contribution in [0.3, 0.4) is 0 Å². The number of imidazole rings is 1. The van der Waals surface area contributed by atoms with Crippen molar-refractivity contribution >= 4 is 10.0 Å². The molecule has 2 atom stereocenters. The predicted molar refractivity (Wildman–Crippen MR) is 82.4 cm³/mol. The lowest BCUT2D eigenvalue weighted by Gasteiger charge is -2.35.